The molecule has 1 aromatic heterocycles. The summed E-state index contributed by atoms with van der Waals surface area (Å²) in [6.07, 6.45) is 3.39. The SMILES string of the molecule is CC(C(=O)N(C)c1cccnc1)c1ccccc1. The zero-order valence-corrected chi connectivity index (χ0v) is 10.6. The van der Waals surface area contributed by atoms with Crippen LogP contribution < -0.4 is 4.90 Å². The number of carbonyl (C=O) groups is 1. The lowest BCUT2D eigenvalue weighted by Crippen LogP contribution is -2.30. The molecular weight excluding hydrogens is 224 g/mol. The molecule has 0 saturated carbocycles. The van der Waals surface area contributed by atoms with Gasteiger partial charge in [0.1, 0.15) is 0 Å². The van der Waals surface area contributed by atoms with Crippen LogP contribution >= 0.6 is 0 Å². The third-order valence-electron chi connectivity index (χ3n) is 3.03. The van der Waals surface area contributed by atoms with Gasteiger partial charge in [-0.25, -0.2) is 0 Å². The number of rotatable bonds is 3. The third kappa shape index (κ3) is 2.56. The highest BCUT2D eigenvalue weighted by molar-refractivity contribution is 5.97. The van der Waals surface area contributed by atoms with E-state index in [2.05, 4.69) is 4.98 Å². The Labute approximate surface area is 107 Å². The predicted molar refractivity (Wildman–Crippen MR) is 72.5 cm³/mol. The molecule has 1 atom stereocenters. The van der Waals surface area contributed by atoms with E-state index in [1.807, 2.05) is 49.4 Å². The second kappa shape index (κ2) is 5.45. The quantitative estimate of drug-likeness (QED) is 0.826. The van der Waals surface area contributed by atoms with Gasteiger partial charge >= 0.3 is 0 Å². The van der Waals surface area contributed by atoms with Crippen LogP contribution in [-0.2, 0) is 4.79 Å². The number of hydrogen-bond donors (Lipinski definition) is 0. The molecule has 2 rings (SSSR count). The van der Waals surface area contributed by atoms with Crippen LogP contribution in [-0.4, -0.2) is 17.9 Å². The summed E-state index contributed by atoms with van der Waals surface area (Å²) in [7, 11) is 1.78. The highest BCUT2D eigenvalue weighted by Gasteiger charge is 2.19. The summed E-state index contributed by atoms with van der Waals surface area (Å²) in [4.78, 5) is 18.0. The van der Waals surface area contributed by atoms with Gasteiger partial charge in [-0.2, -0.15) is 0 Å². The van der Waals surface area contributed by atoms with Gasteiger partial charge in [-0.3, -0.25) is 9.78 Å². The molecule has 0 radical (unpaired) electrons. The number of nitrogens with zero attached hydrogens (tertiary/aromatic N) is 2. The highest BCUT2D eigenvalue weighted by atomic mass is 16.2. The molecule has 1 amide bonds. The number of likely N-dealkylation sites (N-methyl/N-ethyl adjacent to an activating group) is 1. The van der Waals surface area contributed by atoms with E-state index in [4.69, 9.17) is 0 Å². The maximum Gasteiger partial charge on any atom is 0.234 e. The van der Waals surface area contributed by atoms with Crippen molar-refractivity contribution >= 4 is 11.6 Å². The standard InChI is InChI=1S/C15H16N2O/c1-12(13-7-4-3-5-8-13)15(18)17(2)14-9-6-10-16-11-14/h3-12H,1-2H3. The average molecular weight is 240 g/mol. The Kier molecular flexibility index (Phi) is 3.72. The van der Waals surface area contributed by atoms with Crippen LogP contribution in [0.3, 0.4) is 0 Å². The molecular formula is C15H16N2O. The Morgan fingerprint density at radius 2 is 1.89 bits per heavy atom. The molecule has 0 saturated heterocycles. The molecule has 0 N–H and O–H groups in total. The molecule has 0 aliphatic heterocycles. The van der Waals surface area contributed by atoms with E-state index in [0.29, 0.717) is 0 Å². The first-order chi connectivity index (χ1) is 8.70. The zero-order valence-electron chi connectivity index (χ0n) is 10.6. The average Bonchev–Trinajstić information content (AvgIpc) is 2.47. The topological polar surface area (TPSA) is 33.2 Å². The normalized spacial score (nSPS) is 11.9. The summed E-state index contributed by atoms with van der Waals surface area (Å²) in [6, 6.07) is 13.5. The number of hydrogen-bond acceptors (Lipinski definition) is 2. The van der Waals surface area contributed by atoms with Crippen molar-refractivity contribution in [2.24, 2.45) is 0 Å². The summed E-state index contributed by atoms with van der Waals surface area (Å²) >= 11 is 0. The highest BCUT2D eigenvalue weighted by Crippen LogP contribution is 2.20. The summed E-state index contributed by atoms with van der Waals surface area (Å²) in [5.41, 5.74) is 1.84. The second-order valence-electron chi connectivity index (χ2n) is 4.24. The van der Waals surface area contributed by atoms with Gasteiger partial charge in [-0.1, -0.05) is 30.3 Å². The fraction of sp³-hybridized carbons (Fsp3) is 0.200. The largest absolute Gasteiger partial charge is 0.313 e. The van der Waals surface area contributed by atoms with Gasteiger partial charge in [0.05, 0.1) is 17.8 Å². The van der Waals surface area contributed by atoms with Crippen molar-refractivity contribution in [3.05, 3.63) is 60.4 Å². The van der Waals surface area contributed by atoms with Crippen LogP contribution in [0.5, 0.6) is 0 Å². The molecule has 3 heteroatoms. The van der Waals surface area contributed by atoms with E-state index in [9.17, 15) is 4.79 Å². The fourth-order valence-corrected chi connectivity index (χ4v) is 1.85. The molecule has 1 unspecified atom stereocenters. The van der Waals surface area contributed by atoms with Crippen molar-refractivity contribution < 1.29 is 4.79 Å². The number of aromatic nitrogens is 1. The molecule has 0 aliphatic carbocycles. The monoisotopic (exact) mass is 240 g/mol. The van der Waals surface area contributed by atoms with Gasteiger partial charge in [0, 0.05) is 13.2 Å². The van der Waals surface area contributed by atoms with Gasteiger partial charge in [0.25, 0.3) is 0 Å². The molecule has 0 spiro atoms. The van der Waals surface area contributed by atoms with Gasteiger partial charge in [-0.15, -0.1) is 0 Å². The first kappa shape index (κ1) is 12.3. The van der Waals surface area contributed by atoms with E-state index in [1.165, 1.54) is 0 Å². The Bertz CT molecular complexity index is 463. The second-order valence-corrected chi connectivity index (χ2v) is 4.24. The van der Waals surface area contributed by atoms with Crippen LogP contribution in [0.25, 0.3) is 0 Å². The summed E-state index contributed by atoms with van der Waals surface area (Å²) in [6.45, 7) is 1.92. The first-order valence-corrected chi connectivity index (χ1v) is 5.92. The molecule has 18 heavy (non-hydrogen) atoms. The van der Waals surface area contributed by atoms with Crippen LogP contribution in [0.1, 0.15) is 18.4 Å². The van der Waals surface area contributed by atoms with Crippen molar-refractivity contribution in [3.8, 4) is 0 Å². The van der Waals surface area contributed by atoms with Crippen molar-refractivity contribution in [2.45, 2.75) is 12.8 Å². The predicted octanol–water partition coefficient (Wildman–Crippen LogP) is 2.85. The lowest BCUT2D eigenvalue weighted by Gasteiger charge is -2.21. The molecule has 0 aliphatic rings. The number of amides is 1. The van der Waals surface area contributed by atoms with Gasteiger partial charge in [-0.05, 0) is 24.6 Å². The maximum absolute atomic E-state index is 12.3. The minimum Gasteiger partial charge on any atom is -0.313 e. The molecule has 1 aromatic carbocycles. The van der Waals surface area contributed by atoms with Crippen LogP contribution in [0.2, 0.25) is 0 Å². The van der Waals surface area contributed by atoms with Crippen molar-refractivity contribution in [1.29, 1.82) is 0 Å². The van der Waals surface area contributed by atoms with Crippen LogP contribution in [0, 0.1) is 0 Å². The Morgan fingerprint density at radius 3 is 2.50 bits per heavy atom. The van der Waals surface area contributed by atoms with Crippen molar-refractivity contribution in [1.82, 2.24) is 4.98 Å². The molecule has 0 bridgehead atoms. The van der Waals surface area contributed by atoms with E-state index in [-0.39, 0.29) is 11.8 Å². The minimum absolute atomic E-state index is 0.0641. The number of benzene rings is 1. The smallest absolute Gasteiger partial charge is 0.234 e. The Morgan fingerprint density at radius 1 is 1.17 bits per heavy atom. The molecule has 2 aromatic rings. The molecule has 3 nitrogen and oxygen atoms in total. The van der Waals surface area contributed by atoms with Crippen LogP contribution in [0.4, 0.5) is 5.69 Å². The maximum atomic E-state index is 12.3. The lowest BCUT2D eigenvalue weighted by molar-refractivity contribution is -0.119. The fourth-order valence-electron chi connectivity index (χ4n) is 1.85. The van der Waals surface area contributed by atoms with Crippen molar-refractivity contribution in [3.63, 3.8) is 0 Å². The Hall–Kier alpha value is -2.16. The Balaban J connectivity index is 2.17. The molecule has 92 valence electrons. The third-order valence-corrected chi connectivity index (χ3v) is 3.03. The number of carbonyl (C=O) groups excluding carboxylic acids is 1. The lowest BCUT2D eigenvalue weighted by atomic mass is 10.00. The van der Waals surface area contributed by atoms with Gasteiger partial charge in [0.15, 0.2) is 0 Å². The molecule has 1 heterocycles. The summed E-state index contributed by atoms with van der Waals surface area (Å²) in [5.74, 6) is -0.0920. The van der Waals surface area contributed by atoms with Gasteiger partial charge in [0.2, 0.25) is 5.91 Å². The van der Waals surface area contributed by atoms with Crippen molar-refractivity contribution in [2.75, 3.05) is 11.9 Å². The summed E-state index contributed by atoms with van der Waals surface area (Å²) in [5, 5.41) is 0. The van der Waals surface area contributed by atoms with E-state index >= 15 is 0 Å². The van der Waals surface area contributed by atoms with E-state index in [1.54, 1.807) is 24.3 Å². The number of pyridine rings is 1. The first-order valence-electron chi connectivity index (χ1n) is 5.92. The molecule has 0 fully saturated rings. The summed E-state index contributed by atoms with van der Waals surface area (Å²) < 4.78 is 0. The van der Waals surface area contributed by atoms with Gasteiger partial charge < -0.3 is 4.90 Å². The number of anilines is 1. The zero-order chi connectivity index (χ0) is 13.0. The van der Waals surface area contributed by atoms with Crippen LogP contribution in [0.15, 0.2) is 54.9 Å². The van der Waals surface area contributed by atoms with E-state index < -0.39 is 0 Å². The minimum atomic E-state index is -0.156. The van der Waals surface area contributed by atoms with E-state index in [0.717, 1.165) is 11.3 Å².